The molecule has 2 rings (SSSR count). The first kappa shape index (κ1) is 11.7. The average molecular weight is 232 g/mol. The quantitative estimate of drug-likeness (QED) is 0.850. The molecule has 0 saturated heterocycles. The second kappa shape index (κ2) is 5.50. The van der Waals surface area contributed by atoms with Crippen LogP contribution in [0.5, 0.6) is 5.75 Å². The summed E-state index contributed by atoms with van der Waals surface area (Å²) in [5, 5.41) is 12.9. The van der Waals surface area contributed by atoms with Gasteiger partial charge in [-0.25, -0.2) is 0 Å². The molecule has 4 heteroatoms. The number of nitrogens with zero attached hydrogens (tertiary/aromatic N) is 2. The van der Waals surface area contributed by atoms with Gasteiger partial charge in [0.1, 0.15) is 12.4 Å². The first-order valence-electron chi connectivity index (χ1n) is 5.58. The van der Waals surface area contributed by atoms with Crippen LogP contribution in [-0.4, -0.2) is 21.5 Å². The van der Waals surface area contributed by atoms with E-state index in [-0.39, 0.29) is 6.61 Å². The van der Waals surface area contributed by atoms with E-state index in [0.29, 0.717) is 13.0 Å². The van der Waals surface area contributed by atoms with E-state index in [1.54, 1.807) is 10.9 Å². The Labute approximate surface area is 100 Å². The second-order valence-corrected chi connectivity index (χ2v) is 3.93. The molecule has 2 aromatic rings. The zero-order valence-electron chi connectivity index (χ0n) is 9.84. The predicted molar refractivity (Wildman–Crippen MR) is 64.8 cm³/mol. The molecule has 0 spiro atoms. The minimum Gasteiger partial charge on any atom is -0.489 e. The minimum absolute atomic E-state index is 0.176. The Kier molecular flexibility index (Phi) is 3.77. The Hall–Kier alpha value is -1.81. The number of hydrogen-bond acceptors (Lipinski definition) is 3. The normalized spacial score (nSPS) is 10.5. The first-order valence-corrected chi connectivity index (χ1v) is 5.58. The van der Waals surface area contributed by atoms with Gasteiger partial charge in [-0.1, -0.05) is 12.1 Å². The van der Waals surface area contributed by atoms with Crippen LogP contribution in [0, 0.1) is 0 Å². The van der Waals surface area contributed by atoms with E-state index in [2.05, 4.69) is 5.10 Å². The number of aryl methyl sites for hydroxylation is 1. The second-order valence-electron chi connectivity index (χ2n) is 3.93. The lowest BCUT2D eigenvalue weighted by Crippen LogP contribution is -1.95. The van der Waals surface area contributed by atoms with E-state index in [9.17, 15) is 0 Å². The molecule has 0 saturated carbocycles. The third kappa shape index (κ3) is 3.32. The number of hydrogen-bond donors (Lipinski definition) is 1. The third-order valence-electron chi connectivity index (χ3n) is 2.49. The Morgan fingerprint density at radius 2 is 2.00 bits per heavy atom. The standard InChI is InChI=1S/C13H16N2O2/c1-15-9-12(8-14-15)10-17-13-4-2-11(3-5-13)6-7-16/h2-5,8-9,16H,6-7,10H2,1H3. The highest BCUT2D eigenvalue weighted by molar-refractivity contribution is 5.27. The van der Waals surface area contributed by atoms with Gasteiger partial charge in [0.05, 0.1) is 6.20 Å². The highest BCUT2D eigenvalue weighted by atomic mass is 16.5. The zero-order chi connectivity index (χ0) is 12.1. The molecule has 0 atom stereocenters. The zero-order valence-corrected chi connectivity index (χ0v) is 9.84. The van der Waals surface area contributed by atoms with Crippen molar-refractivity contribution in [3.63, 3.8) is 0 Å². The summed E-state index contributed by atoms with van der Waals surface area (Å²) in [4.78, 5) is 0. The Morgan fingerprint density at radius 1 is 1.24 bits per heavy atom. The van der Waals surface area contributed by atoms with Crippen molar-refractivity contribution in [2.24, 2.45) is 7.05 Å². The highest BCUT2D eigenvalue weighted by Gasteiger charge is 1.98. The van der Waals surface area contributed by atoms with Gasteiger partial charge in [-0.3, -0.25) is 4.68 Å². The van der Waals surface area contributed by atoms with Gasteiger partial charge in [-0.2, -0.15) is 5.10 Å². The Bertz CT molecular complexity index is 463. The average Bonchev–Trinajstić information content (AvgIpc) is 2.75. The minimum atomic E-state index is 0.176. The monoisotopic (exact) mass is 232 g/mol. The summed E-state index contributed by atoms with van der Waals surface area (Å²) in [7, 11) is 1.88. The van der Waals surface area contributed by atoms with E-state index in [1.165, 1.54) is 0 Å². The van der Waals surface area contributed by atoms with Crippen LogP contribution >= 0.6 is 0 Å². The van der Waals surface area contributed by atoms with Crippen molar-refractivity contribution in [3.05, 3.63) is 47.8 Å². The summed E-state index contributed by atoms with van der Waals surface area (Å²) >= 11 is 0. The molecular formula is C13H16N2O2. The first-order chi connectivity index (χ1) is 8.28. The molecule has 1 heterocycles. The maximum atomic E-state index is 8.80. The van der Waals surface area contributed by atoms with E-state index in [0.717, 1.165) is 16.9 Å². The van der Waals surface area contributed by atoms with Gasteiger partial charge in [0, 0.05) is 25.4 Å². The highest BCUT2D eigenvalue weighted by Crippen LogP contribution is 2.14. The molecule has 4 nitrogen and oxygen atoms in total. The molecule has 0 unspecified atom stereocenters. The lowest BCUT2D eigenvalue weighted by molar-refractivity contribution is 0.298. The van der Waals surface area contributed by atoms with Crippen molar-refractivity contribution in [1.82, 2.24) is 9.78 Å². The molecule has 0 aliphatic heterocycles. The molecule has 0 radical (unpaired) electrons. The van der Waals surface area contributed by atoms with E-state index >= 15 is 0 Å². The number of benzene rings is 1. The van der Waals surface area contributed by atoms with Gasteiger partial charge in [-0.05, 0) is 24.1 Å². The number of aliphatic hydroxyl groups is 1. The smallest absolute Gasteiger partial charge is 0.119 e. The van der Waals surface area contributed by atoms with Crippen molar-refractivity contribution in [2.45, 2.75) is 13.0 Å². The summed E-state index contributed by atoms with van der Waals surface area (Å²) < 4.78 is 7.38. The van der Waals surface area contributed by atoms with Crippen molar-refractivity contribution in [3.8, 4) is 5.75 Å². The Morgan fingerprint density at radius 3 is 2.59 bits per heavy atom. The molecule has 0 fully saturated rings. The number of ether oxygens (including phenoxy) is 1. The summed E-state index contributed by atoms with van der Waals surface area (Å²) in [6.07, 6.45) is 4.41. The van der Waals surface area contributed by atoms with E-state index < -0.39 is 0 Å². The summed E-state index contributed by atoms with van der Waals surface area (Å²) in [5.41, 5.74) is 2.16. The Balaban J connectivity index is 1.90. The summed E-state index contributed by atoms with van der Waals surface area (Å²) in [6, 6.07) is 7.77. The van der Waals surface area contributed by atoms with Crippen molar-refractivity contribution in [2.75, 3.05) is 6.61 Å². The van der Waals surface area contributed by atoms with Gasteiger partial charge in [0.25, 0.3) is 0 Å². The SMILES string of the molecule is Cn1cc(COc2ccc(CCO)cc2)cn1. The predicted octanol–water partition coefficient (Wildman–Crippen LogP) is 1.53. The summed E-state index contributed by atoms with van der Waals surface area (Å²) in [6.45, 7) is 0.697. The topological polar surface area (TPSA) is 47.3 Å². The van der Waals surface area contributed by atoms with Gasteiger partial charge < -0.3 is 9.84 Å². The molecular weight excluding hydrogens is 216 g/mol. The van der Waals surface area contributed by atoms with Gasteiger partial charge in [0.2, 0.25) is 0 Å². The summed E-state index contributed by atoms with van der Waals surface area (Å²) in [5.74, 6) is 0.829. The number of rotatable bonds is 5. The van der Waals surface area contributed by atoms with Crippen molar-refractivity contribution < 1.29 is 9.84 Å². The lowest BCUT2D eigenvalue weighted by Gasteiger charge is -2.05. The molecule has 0 bridgehead atoms. The molecule has 0 amide bonds. The van der Waals surface area contributed by atoms with Gasteiger partial charge in [0.15, 0.2) is 0 Å². The van der Waals surface area contributed by atoms with Gasteiger partial charge >= 0.3 is 0 Å². The third-order valence-corrected chi connectivity index (χ3v) is 2.49. The largest absolute Gasteiger partial charge is 0.489 e. The molecule has 0 aliphatic rings. The van der Waals surface area contributed by atoms with Crippen LogP contribution in [0.15, 0.2) is 36.7 Å². The van der Waals surface area contributed by atoms with Crippen LogP contribution in [-0.2, 0) is 20.1 Å². The fourth-order valence-electron chi connectivity index (χ4n) is 1.59. The van der Waals surface area contributed by atoms with Crippen LogP contribution < -0.4 is 4.74 Å². The van der Waals surface area contributed by atoms with Gasteiger partial charge in [-0.15, -0.1) is 0 Å². The van der Waals surface area contributed by atoms with Crippen LogP contribution in [0.4, 0.5) is 0 Å². The van der Waals surface area contributed by atoms with Crippen LogP contribution in [0.3, 0.4) is 0 Å². The number of aromatic nitrogens is 2. The fraction of sp³-hybridized carbons (Fsp3) is 0.308. The molecule has 90 valence electrons. The molecule has 1 N–H and O–H groups in total. The molecule has 0 aliphatic carbocycles. The van der Waals surface area contributed by atoms with Crippen LogP contribution in [0.1, 0.15) is 11.1 Å². The lowest BCUT2D eigenvalue weighted by atomic mass is 10.1. The number of aliphatic hydroxyl groups excluding tert-OH is 1. The maximum absolute atomic E-state index is 8.80. The van der Waals surface area contributed by atoms with E-state index in [1.807, 2.05) is 37.5 Å². The van der Waals surface area contributed by atoms with E-state index in [4.69, 9.17) is 9.84 Å². The van der Waals surface area contributed by atoms with Crippen molar-refractivity contribution >= 4 is 0 Å². The van der Waals surface area contributed by atoms with Crippen LogP contribution in [0.2, 0.25) is 0 Å². The van der Waals surface area contributed by atoms with Crippen molar-refractivity contribution in [1.29, 1.82) is 0 Å². The molecule has 1 aromatic heterocycles. The molecule has 1 aromatic carbocycles. The fourth-order valence-corrected chi connectivity index (χ4v) is 1.59. The van der Waals surface area contributed by atoms with Crippen LogP contribution in [0.25, 0.3) is 0 Å². The molecule has 17 heavy (non-hydrogen) atoms. The maximum Gasteiger partial charge on any atom is 0.119 e.